The summed E-state index contributed by atoms with van der Waals surface area (Å²) in [6.07, 6.45) is -4.61. The van der Waals surface area contributed by atoms with Crippen molar-refractivity contribution in [1.82, 2.24) is 30.1 Å². The van der Waals surface area contributed by atoms with Crippen molar-refractivity contribution < 1.29 is 22.5 Å². The summed E-state index contributed by atoms with van der Waals surface area (Å²) in [4.78, 5) is 16.2. The van der Waals surface area contributed by atoms with E-state index in [1.807, 2.05) is 15.6 Å². The van der Waals surface area contributed by atoms with Crippen LogP contribution in [-0.4, -0.2) is 37.3 Å². The third-order valence-corrected chi connectivity index (χ3v) is 3.53. The molecule has 3 heterocycles. The largest absolute Gasteiger partial charge is 0.455 e. The van der Waals surface area contributed by atoms with E-state index < -0.39 is 12.0 Å². The second-order valence-electron chi connectivity index (χ2n) is 5.48. The number of hydrogen-bond donors (Lipinski definition) is 1. The first-order valence-electron chi connectivity index (χ1n) is 7.23. The summed E-state index contributed by atoms with van der Waals surface area (Å²) in [5.74, 6) is -1.48. The van der Waals surface area contributed by atoms with Gasteiger partial charge in [0.2, 0.25) is 11.8 Å². The van der Waals surface area contributed by atoms with Gasteiger partial charge in [0, 0.05) is 20.0 Å². The molecule has 24 heavy (non-hydrogen) atoms. The van der Waals surface area contributed by atoms with Gasteiger partial charge in [-0.25, -0.2) is 0 Å². The number of rotatable bonds is 4. The Bertz CT molecular complexity index is 738. The highest BCUT2D eigenvalue weighted by atomic mass is 19.4. The van der Waals surface area contributed by atoms with Gasteiger partial charge >= 0.3 is 6.18 Å². The fourth-order valence-corrected chi connectivity index (χ4v) is 2.44. The van der Waals surface area contributed by atoms with Crippen molar-refractivity contribution in [2.24, 2.45) is 0 Å². The lowest BCUT2D eigenvalue weighted by Crippen LogP contribution is -2.33. The number of hydrogen-bond acceptors (Lipinski definition) is 6. The van der Waals surface area contributed by atoms with Crippen LogP contribution >= 0.6 is 0 Å². The summed E-state index contributed by atoms with van der Waals surface area (Å²) in [5, 5.41) is 9.99. The van der Waals surface area contributed by atoms with E-state index in [0.29, 0.717) is 26.2 Å². The number of halogens is 3. The lowest BCUT2D eigenvalue weighted by Gasteiger charge is -2.25. The summed E-state index contributed by atoms with van der Waals surface area (Å²) in [6.45, 7) is 3.59. The Balaban J connectivity index is 1.62. The number of alkyl halides is 3. The summed E-state index contributed by atoms with van der Waals surface area (Å²) in [7, 11) is 0. The Morgan fingerprint density at radius 1 is 1.42 bits per heavy atom. The van der Waals surface area contributed by atoms with Gasteiger partial charge in [0.15, 0.2) is 0 Å². The van der Waals surface area contributed by atoms with Gasteiger partial charge in [0.25, 0.3) is 5.82 Å². The molecule has 1 aliphatic rings. The van der Waals surface area contributed by atoms with E-state index in [9.17, 15) is 18.0 Å². The Kier molecular flexibility index (Phi) is 4.26. The fraction of sp³-hybridized carbons (Fsp3) is 0.538. The van der Waals surface area contributed by atoms with Crippen molar-refractivity contribution in [3.8, 4) is 0 Å². The fourth-order valence-electron chi connectivity index (χ4n) is 2.44. The van der Waals surface area contributed by atoms with Crippen LogP contribution < -0.4 is 5.32 Å². The van der Waals surface area contributed by atoms with Gasteiger partial charge in [-0.3, -0.25) is 14.4 Å². The summed E-state index contributed by atoms with van der Waals surface area (Å²) >= 11 is 0. The van der Waals surface area contributed by atoms with Crippen LogP contribution in [-0.2, 0) is 37.1 Å². The maximum atomic E-state index is 12.5. The molecule has 0 bridgehead atoms. The Morgan fingerprint density at radius 3 is 2.88 bits per heavy atom. The molecule has 0 spiro atoms. The van der Waals surface area contributed by atoms with Crippen LogP contribution in [0.25, 0.3) is 0 Å². The van der Waals surface area contributed by atoms with E-state index in [1.54, 1.807) is 0 Å². The molecule has 0 fully saturated rings. The number of carbonyl (C=O) groups excluding carboxylic acids is 1. The van der Waals surface area contributed by atoms with E-state index in [2.05, 4.69) is 25.1 Å². The summed E-state index contributed by atoms with van der Waals surface area (Å²) < 4.78 is 43.9. The zero-order valence-electron chi connectivity index (χ0n) is 12.8. The van der Waals surface area contributed by atoms with Gasteiger partial charge in [-0.2, -0.15) is 23.3 Å². The van der Waals surface area contributed by atoms with Crippen molar-refractivity contribution >= 4 is 5.91 Å². The lowest BCUT2D eigenvalue weighted by atomic mass is 10.2. The van der Waals surface area contributed by atoms with Crippen molar-refractivity contribution in [3.63, 3.8) is 0 Å². The summed E-state index contributed by atoms with van der Waals surface area (Å²) in [6, 6.07) is 1.86. The molecule has 0 radical (unpaired) electrons. The van der Waals surface area contributed by atoms with E-state index in [0.717, 1.165) is 11.4 Å². The van der Waals surface area contributed by atoms with Crippen LogP contribution in [0.1, 0.15) is 30.0 Å². The Hall–Kier alpha value is -2.43. The second-order valence-corrected chi connectivity index (χ2v) is 5.48. The normalized spacial score (nSPS) is 15.3. The standard InChI is InChI=1S/C13H15F3N6O2/c1-8(23)17-5-9-4-10-6-21(2-3-22(10)19-9)7-11-18-12(20-24-11)13(14,15)16/h4H,2-3,5-7H2,1H3,(H,17,23). The van der Waals surface area contributed by atoms with Crippen LogP contribution in [0.2, 0.25) is 0 Å². The first kappa shape index (κ1) is 16.4. The van der Waals surface area contributed by atoms with Crippen molar-refractivity contribution in [1.29, 1.82) is 0 Å². The molecule has 1 N–H and O–H groups in total. The maximum absolute atomic E-state index is 12.5. The quantitative estimate of drug-likeness (QED) is 0.888. The monoisotopic (exact) mass is 344 g/mol. The van der Waals surface area contributed by atoms with Gasteiger partial charge < -0.3 is 9.84 Å². The maximum Gasteiger partial charge on any atom is 0.455 e. The molecule has 1 amide bonds. The smallest absolute Gasteiger partial charge is 0.351 e. The molecule has 0 saturated heterocycles. The predicted molar refractivity (Wildman–Crippen MR) is 73.2 cm³/mol. The molecule has 0 aromatic carbocycles. The average Bonchev–Trinajstić information content (AvgIpc) is 3.10. The third-order valence-electron chi connectivity index (χ3n) is 3.53. The van der Waals surface area contributed by atoms with Gasteiger partial charge in [-0.15, -0.1) is 0 Å². The van der Waals surface area contributed by atoms with Crippen LogP contribution in [0.15, 0.2) is 10.6 Å². The SMILES string of the molecule is CC(=O)NCc1cc2n(n1)CCN(Cc1nc(C(F)(F)F)no1)C2. The van der Waals surface area contributed by atoms with E-state index in [4.69, 9.17) is 0 Å². The van der Waals surface area contributed by atoms with Crippen molar-refractivity contribution in [3.05, 3.63) is 29.2 Å². The third kappa shape index (κ3) is 3.72. The van der Waals surface area contributed by atoms with E-state index in [1.165, 1.54) is 6.92 Å². The minimum Gasteiger partial charge on any atom is -0.351 e. The first-order chi connectivity index (χ1) is 11.3. The highest BCUT2D eigenvalue weighted by Gasteiger charge is 2.37. The van der Waals surface area contributed by atoms with Crippen LogP contribution in [0.3, 0.4) is 0 Å². The number of amides is 1. The molecule has 130 valence electrons. The van der Waals surface area contributed by atoms with Gasteiger partial charge in [0.1, 0.15) is 0 Å². The number of carbonyl (C=O) groups is 1. The summed E-state index contributed by atoms with van der Waals surface area (Å²) in [5.41, 5.74) is 1.65. The van der Waals surface area contributed by atoms with Gasteiger partial charge in [0.05, 0.1) is 31.0 Å². The molecule has 11 heteroatoms. The zero-order valence-corrected chi connectivity index (χ0v) is 12.8. The number of nitrogens with one attached hydrogen (secondary N) is 1. The molecule has 3 rings (SSSR count). The lowest BCUT2D eigenvalue weighted by molar-refractivity contribution is -0.146. The first-order valence-corrected chi connectivity index (χ1v) is 7.23. The number of aromatic nitrogens is 4. The minimum atomic E-state index is -4.61. The van der Waals surface area contributed by atoms with Crippen molar-refractivity contribution in [2.45, 2.75) is 39.3 Å². The van der Waals surface area contributed by atoms with Crippen LogP contribution in [0, 0.1) is 0 Å². The molecule has 0 atom stereocenters. The topological polar surface area (TPSA) is 89.1 Å². The average molecular weight is 344 g/mol. The van der Waals surface area contributed by atoms with Crippen LogP contribution in [0.5, 0.6) is 0 Å². The number of fused-ring (bicyclic) bond motifs is 1. The predicted octanol–water partition coefficient (Wildman–Crippen LogP) is 0.937. The Labute approximate surface area is 134 Å². The number of nitrogens with zero attached hydrogens (tertiary/aromatic N) is 5. The van der Waals surface area contributed by atoms with Crippen molar-refractivity contribution in [2.75, 3.05) is 6.54 Å². The van der Waals surface area contributed by atoms with Gasteiger partial charge in [-0.1, -0.05) is 5.16 Å². The Morgan fingerprint density at radius 2 is 2.21 bits per heavy atom. The molecule has 8 nitrogen and oxygen atoms in total. The minimum absolute atomic E-state index is 0.0752. The second kappa shape index (κ2) is 6.23. The molecular formula is C13H15F3N6O2. The molecule has 0 aliphatic carbocycles. The van der Waals surface area contributed by atoms with Crippen LogP contribution in [0.4, 0.5) is 13.2 Å². The highest BCUT2D eigenvalue weighted by Crippen LogP contribution is 2.26. The highest BCUT2D eigenvalue weighted by molar-refractivity contribution is 5.72. The molecule has 2 aromatic heterocycles. The van der Waals surface area contributed by atoms with Gasteiger partial charge in [-0.05, 0) is 6.07 Å². The molecule has 1 aliphatic heterocycles. The molecule has 0 saturated carbocycles. The van der Waals surface area contributed by atoms with E-state index in [-0.39, 0.29) is 18.3 Å². The molecule has 0 unspecified atom stereocenters. The molecular weight excluding hydrogens is 329 g/mol. The zero-order chi connectivity index (χ0) is 17.3. The van der Waals surface area contributed by atoms with E-state index >= 15 is 0 Å². The molecule has 2 aromatic rings.